The molecule has 0 radical (unpaired) electrons. The van der Waals surface area contributed by atoms with Crippen molar-refractivity contribution in [3.8, 4) is 0 Å². The van der Waals surface area contributed by atoms with Crippen LogP contribution in [0.5, 0.6) is 0 Å². The second kappa shape index (κ2) is 4.76. The van der Waals surface area contributed by atoms with E-state index in [1.807, 2.05) is 18.2 Å². The average Bonchev–Trinajstić information content (AvgIpc) is 2.29. The first-order valence-electron chi connectivity index (χ1n) is 5.40. The van der Waals surface area contributed by atoms with Gasteiger partial charge in [-0.1, -0.05) is 42.5 Å². The van der Waals surface area contributed by atoms with Crippen molar-refractivity contribution in [3.05, 3.63) is 42.0 Å². The molecule has 0 saturated carbocycles. The van der Waals surface area contributed by atoms with Gasteiger partial charge in [-0.25, -0.2) is 0 Å². The molecule has 0 fully saturated rings. The van der Waals surface area contributed by atoms with Gasteiger partial charge in [0.15, 0.2) is 0 Å². The number of likely N-dealkylation sites (N-methyl/N-ethyl adjacent to an activating group) is 1. The second-order valence-electron chi connectivity index (χ2n) is 4.23. The molecular formula is C13H16N2S. The summed E-state index contributed by atoms with van der Waals surface area (Å²) < 4.78 is 0. The van der Waals surface area contributed by atoms with E-state index in [4.69, 9.17) is 12.2 Å². The van der Waals surface area contributed by atoms with Crippen molar-refractivity contribution in [3.63, 3.8) is 0 Å². The molecule has 1 aromatic carbocycles. The lowest BCUT2D eigenvalue weighted by Crippen LogP contribution is -2.37. The van der Waals surface area contributed by atoms with Crippen LogP contribution in [-0.2, 0) is 0 Å². The number of hydrogen-bond donors (Lipinski definition) is 1. The van der Waals surface area contributed by atoms with Crippen molar-refractivity contribution in [1.82, 2.24) is 10.2 Å². The van der Waals surface area contributed by atoms with Gasteiger partial charge in [-0.05, 0) is 25.7 Å². The Morgan fingerprint density at radius 1 is 1.25 bits per heavy atom. The van der Waals surface area contributed by atoms with Crippen LogP contribution in [0.2, 0.25) is 0 Å². The summed E-state index contributed by atoms with van der Waals surface area (Å²) in [6.07, 6.45) is 3.14. The molecule has 16 heavy (non-hydrogen) atoms. The van der Waals surface area contributed by atoms with Gasteiger partial charge in [-0.2, -0.15) is 0 Å². The molecule has 0 spiro atoms. The third kappa shape index (κ3) is 2.49. The van der Waals surface area contributed by atoms with E-state index in [1.165, 1.54) is 5.56 Å². The molecule has 0 amide bonds. The Kier molecular flexibility index (Phi) is 3.36. The Morgan fingerprint density at radius 2 is 1.94 bits per heavy atom. The van der Waals surface area contributed by atoms with Gasteiger partial charge in [-0.3, -0.25) is 0 Å². The Bertz CT molecular complexity index is 409. The predicted octanol–water partition coefficient (Wildman–Crippen LogP) is 2.28. The van der Waals surface area contributed by atoms with Crippen LogP contribution in [0.15, 0.2) is 36.4 Å². The summed E-state index contributed by atoms with van der Waals surface area (Å²) >= 11 is 5.30. The molecule has 84 valence electrons. The van der Waals surface area contributed by atoms with Crippen LogP contribution in [0.1, 0.15) is 12.0 Å². The van der Waals surface area contributed by atoms with Crippen LogP contribution in [-0.4, -0.2) is 30.0 Å². The molecule has 1 atom stereocenters. The van der Waals surface area contributed by atoms with Gasteiger partial charge in [0.2, 0.25) is 0 Å². The highest BCUT2D eigenvalue weighted by Crippen LogP contribution is 2.19. The molecule has 3 heteroatoms. The minimum absolute atomic E-state index is 0.393. The van der Waals surface area contributed by atoms with Crippen LogP contribution in [0, 0.1) is 0 Å². The molecule has 1 aliphatic rings. The lowest BCUT2D eigenvalue weighted by atomic mass is 10.0. The zero-order valence-electron chi connectivity index (χ0n) is 9.60. The minimum Gasteiger partial charge on any atom is -0.350 e. The number of thiocarbonyl (C=S) groups is 1. The zero-order valence-corrected chi connectivity index (χ0v) is 10.4. The fraction of sp³-hybridized carbons (Fsp3) is 0.308. The Morgan fingerprint density at radius 3 is 2.56 bits per heavy atom. The SMILES string of the molecule is CN(C)C1C=C(c2ccccc2)NC(=S)C1. The molecule has 2 nitrogen and oxygen atoms in total. The topological polar surface area (TPSA) is 15.3 Å². The maximum absolute atomic E-state index is 5.30. The second-order valence-corrected chi connectivity index (χ2v) is 4.72. The Hall–Kier alpha value is -1.19. The summed E-state index contributed by atoms with van der Waals surface area (Å²) in [5.41, 5.74) is 2.31. The van der Waals surface area contributed by atoms with Gasteiger partial charge in [0.1, 0.15) is 0 Å². The molecule has 0 aromatic heterocycles. The lowest BCUT2D eigenvalue weighted by Gasteiger charge is -2.28. The third-order valence-electron chi connectivity index (χ3n) is 2.78. The van der Waals surface area contributed by atoms with Gasteiger partial charge >= 0.3 is 0 Å². The van der Waals surface area contributed by atoms with Crippen LogP contribution in [0.4, 0.5) is 0 Å². The maximum Gasteiger partial charge on any atom is 0.0816 e. The van der Waals surface area contributed by atoms with E-state index in [-0.39, 0.29) is 0 Å². The molecule has 1 unspecified atom stereocenters. The number of nitrogens with zero attached hydrogens (tertiary/aromatic N) is 1. The van der Waals surface area contributed by atoms with E-state index in [2.05, 4.69) is 42.5 Å². The quantitative estimate of drug-likeness (QED) is 0.788. The number of benzene rings is 1. The van der Waals surface area contributed by atoms with Crippen LogP contribution < -0.4 is 5.32 Å². The first kappa shape index (κ1) is 11.3. The van der Waals surface area contributed by atoms with Crippen LogP contribution >= 0.6 is 12.2 Å². The number of rotatable bonds is 2. The zero-order chi connectivity index (χ0) is 11.5. The molecule has 1 aliphatic heterocycles. The fourth-order valence-corrected chi connectivity index (χ4v) is 2.08. The summed E-state index contributed by atoms with van der Waals surface area (Å²) in [6, 6.07) is 10.7. The minimum atomic E-state index is 0.393. The molecule has 2 rings (SSSR count). The molecular weight excluding hydrogens is 216 g/mol. The maximum atomic E-state index is 5.30. The standard InChI is InChI=1S/C13H16N2S/c1-15(2)11-8-12(14-13(16)9-11)10-6-4-3-5-7-10/h3-8,11H,9H2,1-2H3,(H,14,16). The van der Waals surface area contributed by atoms with Crippen molar-refractivity contribution in [2.45, 2.75) is 12.5 Å². The first-order valence-corrected chi connectivity index (χ1v) is 5.81. The van der Waals surface area contributed by atoms with Gasteiger partial charge in [-0.15, -0.1) is 0 Å². The predicted molar refractivity (Wildman–Crippen MR) is 72.2 cm³/mol. The highest BCUT2D eigenvalue weighted by molar-refractivity contribution is 7.80. The van der Waals surface area contributed by atoms with Crippen molar-refractivity contribution in [2.75, 3.05) is 14.1 Å². The van der Waals surface area contributed by atoms with Gasteiger partial charge in [0.25, 0.3) is 0 Å². The highest BCUT2D eigenvalue weighted by atomic mass is 32.1. The normalized spacial score (nSPS) is 20.6. The fourth-order valence-electron chi connectivity index (χ4n) is 1.80. The monoisotopic (exact) mass is 232 g/mol. The molecule has 1 heterocycles. The van der Waals surface area contributed by atoms with E-state index < -0.39 is 0 Å². The molecule has 1 N–H and O–H groups in total. The molecule has 0 saturated heterocycles. The van der Waals surface area contributed by atoms with Crippen LogP contribution in [0.25, 0.3) is 5.70 Å². The van der Waals surface area contributed by atoms with E-state index in [9.17, 15) is 0 Å². The van der Waals surface area contributed by atoms with Crippen molar-refractivity contribution in [2.24, 2.45) is 0 Å². The van der Waals surface area contributed by atoms with Crippen LogP contribution in [0.3, 0.4) is 0 Å². The smallest absolute Gasteiger partial charge is 0.0816 e. The molecule has 1 aromatic rings. The van der Waals surface area contributed by atoms with Crippen molar-refractivity contribution < 1.29 is 0 Å². The van der Waals surface area contributed by atoms with E-state index >= 15 is 0 Å². The van der Waals surface area contributed by atoms with E-state index in [0.29, 0.717) is 6.04 Å². The summed E-state index contributed by atoms with van der Waals surface area (Å²) in [4.78, 5) is 3.11. The van der Waals surface area contributed by atoms with Crippen molar-refractivity contribution in [1.29, 1.82) is 0 Å². The highest BCUT2D eigenvalue weighted by Gasteiger charge is 2.18. The number of hydrogen-bond acceptors (Lipinski definition) is 2. The van der Waals surface area contributed by atoms with Crippen molar-refractivity contribution >= 4 is 22.9 Å². The molecule has 0 bridgehead atoms. The Balaban J connectivity index is 2.30. The van der Waals surface area contributed by atoms with E-state index in [1.54, 1.807) is 0 Å². The lowest BCUT2D eigenvalue weighted by molar-refractivity contribution is 0.348. The Labute approximate surface area is 102 Å². The summed E-state index contributed by atoms with van der Waals surface area (Å²) in [5.74, 6) is 0. The van der Waals surface area contributed by atoms with Gasteiger partial charge < -0.3 is 10.2 Å². The summed E-state index contributed by atoms with van der Waals surface area (Å²) in [7, 11) is 4.16. The third-order valence-corrected chi connectivity index (χ3v) is 3.04. The van der Waals surface area contributed by atoms with Gasteiger partial charge in [0, 0.05) is 18.2 Å². The largest absolute Gasteiger partial charge is 0.350 e. The molecule has 0 aliphatic carbocycles. The summed E-state index contributed by atoms with van der Waals surface area (Å²) in [5, 5.41) is 3.28. The first-order chi connectivity index (χ1) is 7.66. The van der Waals surface area contributed by atoms with Gasteiger partial charge in [0.05, 0.1) is 4.99 Å². The van der Waals surface area contributed by atoms with E-state index in [0.717, 1.165) is 17.1 Å². The average molecular weight is 232 g/mol. The summed E-state index contributed by atoms with van der Waals surface area (Å²) in [6.45, 7) is 0. The number of nitrogens with one attached hydrogen (secondary N) is 1.